The maximum absolute atomic E-state index is 10.5. The van der Waals surface area contributed by atoms with Crippen molar-refractivity contribution in [2.45, 2.75) is 5.25 Å². The number of carboxylic acid groups (broad SMARTS) is 1. The average molecular weight is 175 g/mol. The highest BCUT2D eigenvalue weighted by molar-refractivity contribution is 7.81. The van der Waals surface area contributed by atoms with Crippen LogP contribution < -0.4 is 5.32 Å². The summed E-state index contributed by atoms with van der Waals surface area (Å²) in [5, 5.41) is 9.75. The molecule has 0 fully saturated rings. The van der Waals surface area contributed by atoms with Gasteiger partial charge in [0.2, 0.25) is 5.91 Å². The van der Waals surface area contributed by atoms with Gasteiger partial charge >= 0.3 is 5.97 Å². The molecule has 0 heterocycles. The molecule has 0 bridgehead atoms. The summed E-state index contributed by atoms with van der Waals surface area (Å²) >= 11 is 3.69. The van der Waals surface area contributed by atoms with Crippen molar-refractivity contribution in [1.82, 2.24) is 5.32 Å². The van der Waals surface area contributed by atoms with E-state index in [2.05, 4.69) is 24.5 Å². The number of hydrogen-bond acceptors (Lipinski definition) is 3. The Balaban J connectivity index is 3.62. The second-order valence-corrected chi connectivity index (χ2v) is 2.43. The second-order valence-electron chi connectivity index (χ2n) is 1.80. The number of thiol groups is 1. The summed E-state index contributed by atoms with van der Waals surface area (Å²) in [6, 6.07) is 0. The predicted molar refractivity (Wildman–Crippen MR) is 43.6 cm³/mol. The summed E-state index contributed by atoms with van der Waals surface area (Å²) < 4.78 is 0. The zero-order chi connectivity index (χ0) is 8.85. The molecular weight excluding hydrogens is 166 g/mol. The molecule has 2 N–H and O–H groups in total. The maximum atomic E-state index is 10.5. The van der Waals surface area contributed by atoms with Gasteiger partial charge in [-0.3, -0.25) is 9.59 Å². The molecule has 0 aromatic carbocycles. The lowest BCUT2D eigenvalue weighted by atomic mass is 10.4. The van der Waals surface area contributed by atoms with Gasteiger partial charge < -0.3 is 10.4 Å². The summed E-state index contributed by atoms with van der Waals surface area (Å²) in [7, 11) is 0. The Morgan fingerprint density at radius 3 is 2.64 bits per heavy atom. The number of carbonyl (C=O) groups is 2. The van der Waals surface area contributed by atoms with Gasteiger partial charge in [0.1, 0.15) is 5.25 Å². The van der Waals surface area contributed by atoms with E-state index in [0.717, 1.165) is 6.08 Å². The average Bonchev–Trinajstić information content (AvgIpc) is 1.99. The van der Waals surface area contributed by atoms with Crippen LogP contribution in [0.1, 0.15) is 0 Å². The summed E-state index contributed by atoms with van der Waals surface area (Å²) in [6.07, 6.45) is 1.07. The van der Waals surface area contributed by atoms with E-state index < -0.39 is 17.1 Å². The number of carboxylic acids is 1. The third kappa shape index (κ3) is 4.44. The molecule has 0 spiro atoms. The van der Waals surface area contributed by atoms with Crippen molar-refractivity contribution in [3.05, 3.63) is 12.7 Å². The highest BCUT2D eigenvalue weighted by Gasteiger charge is 2.11. The third-order valence-electron chi connectivity index (χ3n) is 0.940. The SMILES string of the molecule is C=CC(=O)NCC(S)C(=O)O. The molecule has 1 amide bonds. The lowest BCUT2D eigenvalue weighted by molar-refractivity contribution is -0.136. The molecule has 0 saturated heterocycles. The smallest absolute Gasteiger partial charge is 0.318 e. The zero-order valence-electron chi connectivity index (χ0n) is 5.78. The Morgan fingerprint density at radius 2 is 2.27 bits per heavy atom. The van der Waals surface area contributed by atoms with E-state index in [9.17, 15) is 9.59 Å². The van der Waals surface area contributed by atoms with Crippen molar-refractivity contribution in [2.75, 3.05) is 6.54 Å². The quantitative estimate of drug-likeness (QED) is 0.405. The number of amides is 1. The molecule has 11 heavy (non-hydrogen) atoms. The van der Waals surface area contributed by atoms with Crippen LogP contribution >= 0.6 is 12.6 Å². The summed E-state index contributed by atoms with van der Waals surface area (Å²) in [5.74, 6) is -1.46. The van der Waals surface area contributed by atoms with Crippen molar-refractivity contribution in [3.8, 4) is 0 Å². The molecule has 0 aromatic rings. The van der Waals surface area contributed by atoms with Gasteiger partial charge in [0.05, 0.1) is 0 Å². The highest BCUT2D eigenvalue weighted by Crippen LogP contribution is 1.91. The molecule has 1 unspecified atom stereocenters. The Morgan fingerprint density at radius 1 is 1.73 bits per heavy atom. The minimum atomic E-state index is -1.06. The van der Waals surface area contributed by atoms with Gasteiger partial charge in [0, 0.05) is 6.54 Å². The normalized spacial score (nSPS) is 11.7. The van der Waals surface area contributed by atoms with Crippen LogP contribution in [0.25, 0.3) is 0 Å². The molecule has 5 heteroatoms. The van der Waals surface area contributed by atoms with E-state index in [1.165, 1.54) is 0 Å². The molecule has 0 saturated carbocycles. The Bertz CT molecular complexity index is 181. The first kappa shape index (κ1) is 10.0. The predicted octanol–water partition coefficient (Wildman–Crippen LogP) is -0.328. The number of carbonyl (C=O) groups excluding carboxylic acids is 1. The van der Waals surface area contributed by atoms with Crippen LogP contribution in [0, 0.1) is 0 Å². The van der Waals surface area contributed by atoms with Gasteiger partial charge in [0.15, 0.2) is 0 Å². The van der Waals surface area contributed by atoms with E-state index in [1.54, 1.807) is 0 Å². The fraction of sp³-hybridized carbons (Fsp3) is 0.333. The maximum Gasteiger partial charge on any atom is 0.318 e. The van der Waals surface area contributed by atoms with Crippen LogP contribution in [0.4, 0.5) is 0 Å². The monoisotopic (exact) mass is 175 g/mol. The molecule has 0 aliphatic heterocycles. The number of nitrogens with one attached hydrogen (secondary N) is 1. The van der Waals surface area contributed by atoms with Crippen LogP contribution in [0.2, 0.25) is 0 Å². The van der Waals surface area contributed by atoms with Gasteiger partial charge in [-0.15, -0.1) is 0 Å². The fourth-order valence-corrected chi connectivity index (χ4v) is 0.448. The largest absolute Gasteiger partial charge is 0.480 e. The van der Waals surface area contributed by atoms with Gasteiger partial charge in [-0.25, -0.2) is 0 Å². The Hall–Kier alpha value is -0.970. The van der Waals surface area contributed by atoms with Crippen LogP contribution in [0.5, 0.6) is 0 Å². The first-order valence-electron chi connectivity index (χ1n) is 2.89. The molecule has 0 aliphatic rings. The molecule has 0 rings (SSSR count). The lowest BCUT2D eigenvalue weighted by Gasteiger charge is -2.04. The number of hydrogen-bond donors (Lipinski definition) is 3. The number of rotatable bonds is 4. The standard InChI is InChI=1S/C6H9NO3S/c1-2-5(8)7-3-4(11)6(9)10/h2,4,11H,1,3H2,(H,7,8)(H,9,10). The Kier molecular flexibility index (Phi) is 4.36. The summed E-state index contributed by atoms with van der Waals surface area (Å²) in [5.41, 5.74) is 0. The number of aliphatic carboxylic acids is 1. The molecule has 62 valence electrons. The molecule has 0 aliphatic carbocycles. The van der Waals surface area contributed by atoms with E-state index in [0.29, 0.717) is 0 Å². The van der Waals surface area contributed by atoms with Crippen LogP contribution in [0.3, 0.4) is 0 Å². The van der Waals surface area contributed by atoms with E-state index in [-0.39, 0.29) is 6.54 Å². The highest BCUT2D eigenvalue weighted by atomic mass is 32.1. The molecule has 0 aromatic heterocycles. The van der Waals surface area contributed by atoms with Crippen molar-refractivity contribution < 1.29 is 14.7 Å². The zero-order valence-corrected chi connectivity index (χ0v) is 6.67. The van der Waals surface area contributed by atoms with Crippen molar-refractivity contribution in [2.24, 2.45) is 0 Å². The van der Waals surface area contributed by atoms with Gasteiger partial charge in [0.25, 0.3) is 0 Å². The Labute approximate surface area is 69.7 Å². The lowest BCUT2D eigenvalue weighted by Crippen LogP contribution is -2.32. The minimum absolute atomic E-state index is 0.00327. The van der Waals surface area contributed by atoms with Crippen molar-refractivity contribution in [1.29, 1.82) is 0 Å². The van der Waals surface area contributed by atoms with Crippen LogP contribution in [-0.2, 0) is 9.59 Å². The van der Waals surface area contributed by atoms with E-state index >= 15 is 0 Å². The third-order valence-corrected chi connectivity index (χ3v) is 1.34. The van der Waals surface area contributed by atoms with Crippen molar-refractivity contribution >= 4 is 24.5 Å². The second kappa shape index (κ2) is 4.79. The molecule has 4 nitrogen and oxygen atoms in total. The topological polar surface area (TPSA) is 66.4 Å². The minimum Gasteiger partial charge on any atom is -0.480 e. The first-order valence-corrected chi connectivity index (χ1v) is 3.40. The van der Waals surface area contributed by atoms with Gasteiger partial charge in [-0.05, 0) is 6.08 Å². The summed E-state index contributed by atoms with van der Waals surface area (Å²) in [6.45, 7) is 3.20. The first-order chi connectivity index (χ1) is 5.07. The van der Waals surface area contributed by atoms with Crippen LogP contribution in [-0.4, -0.2) is 28.8 Å². The van der Waals surface area contributed by atoms with Gasteiger partial charge in [-0.1, -0.05) is 6.58 Å². The molecule has 1 atom stereocenters. The fourth-order valence-electron chi connectivity index (χ4n) is 0.357. The summed E-state index contributed by atoms with van der Waals surface area (Å²) in [4.78, 5) is 20.6. The van der Waals surface area contributed by atoms with Gasteiger partial charge in [-0.2, -0.15) is 12.6 Å². The van der Waals surface area contributed by atoms with E-state index in [1.807, 2.05) is 0 Å². The molecule has 0 radical (unpaired) electrons. The van der Waals surface area contributed by atoms with Crippen LogP contribution in [0.15, 0.2) is 12.7 Å². The molecular formula is C6H9NO3S. The van der Waals surface area contributed by atoms with Crippen molar-refractivity contribution in [3.63, 3.8) is 0 Å². The van der Waals surface area contributed by atoms with E-state index in [4.69, 9.17) is 5.11 Å².